The SMILES string of the molecule is CCC(CNC)C1(C2CCOCC2)COC1. The van der Waals surface area contributed by atoms with Crippen LogP contribution < -0.4 is 5.32 Å². The maximum atomic E-state index is 5.55. The zero-order valence-corrected chi connectivity index (χ0v) is 10.6. The molecule has 0 aliphatic carbocycles. The number of hydrogen-bond donors (Lipinski definition) is 1. The second kappa shape index (κ2) is 5.48. The van der Waals surface area contributed by atoms with Crippen LogP contribution in [0.4, 0.5) is 0 Å². The van der Waals surface area contributed by atoms with Gasteiger partial charge in [0.15, 0.2) is 0 Å². The molecule has 3 heteroatoms. The first-order valence-corrected chi connectivity index (χ1v) is 6.63. The molecule has 2 rings (SSSR count). The van der Waals surface area contributed by atoms with Crippen molar-refractivity contribution >= 4 is 0 Å². The topological polar surface area (TPSA) is 30.5 Å². The molecule has 0 aromatic heterocycles. The highest BCUT2D eigenvalue weighted by molar-refractivity contribution is 4.97. The Morgan fingerprint density at radius 1 is 1.25 bits per heavy atom. The highest BCUT2D eigenvalue weighted by Gasteiger charge is 2.50. The Balaban J connectivity index is 2.04. The first kappa shape index (κ1) is 12.3. The lowest BCUT2D eigenvalue weighted by Gasteiger charge is -2.53. The number of nitrogens with one attached hydrogen (secondary N) is 1. The third-order valence-corrected chi connectivity index (χ3v) is 4.53. The van der Waals surface area contributed by atoms with E-state index in [2.05, 4.69) is 19.3 Å². The van der Waals surface area contributed by atoms with E-state index in [4.69, 9.17) is 9.47 Å². The summed E-state index contributed by atoms with van der Waals surface area (Å²) in [5, 5.41) is 3.34. The predicted octanol–water partition coefficient (Wildman–Crippen LogP) is 1.68. The van der Waals surface area contributed by atoms with Gasteiger partial charge in [0.2, 0.25) is 0 Å². The van der Waals surface area contributed by atoms with Gasteiger partial charge in [-0.05, 0) is 38.3 Å². The molecule has 0 spiro atoms. The van der Waals surface area contributed by atoms with E-state index in [0.717, 1.165) is 44.8 Å². The van der Waals surface area contributed by atoms with Gasteiger partial charge in [0.1, 0.15) is 0 Å². The summed E-state index contributed by atoms with van der Waals surface area (Å²) in [6.45, 7) is 7.26. The summed E-state index contributed by atoms with van der Waals surface area (Å²) >= 11 is 0. The molecule has 94 valence electrons. The van der Waals surface area contributed by atoms with Crippen molar-refractivity contribution in [2.75, 3.05) is 40.0 Å². The molecule has 1 atom stereocenters. The zero-order chi connectivity index (χ0) is 11.4. The number of rotatable bonds is 5. The average molecular weight is 227 g/mol. The standard InChI is InChI=1S/C13H25NO2/c1-3-11(8-14-2)13(9-16-10-13)12-4-6-15-7-5-12/h11-12,14H,3-10H2,1-2H3. The van der Waals surface area contributed by atoms with Crippen LogP contribution in [0, 0.1) is 17.3 Å². The van der Waals surface area contributed by atoms with Crippen molar-refractivity contribution in [1.29, 1.82) is 0 Å². The summed E-state index contributed by atoms with van der Waals surface area (Å²) in [4.78, 5) is 0. The van der Waals surface area contributed by atoms with Gasteiger partial charge in [-0.25, -0.2) is 0 Å². The van der Waals surface area contributed by atoms with Gasteiger partial charge >= 0.3 is 0 Å². The fourth-order valence-corrected chi connectivity index (χ4v) is 3.42. The normalized spacial score (nSPS) is 27.4. The number of ether oxygens (including phenoxy) is 2. The summed E-state index contributed by atoms with van der Waals surface area (Å²) in [7, 11) is 2.06. The van der Waals surface area contributed by atoms with E-state index in [1.54, 1.807) is 0 Å². The van der Waals surface area contributed by atoms with Crippen LogP contribution in [-0.4, -0.2) is 40.0 Å². The molecule has 0 radical (unpaired) electrons. The minimum absolute atomic E-state index is 0.446. The molecule has 0 aromatic carbocycles. The summed E-state index contributed by atoms with van der Waals surface area (Å²) in [6.07, 6.45) is 3.70. The smallest absolute Gasteiger partial charge is 0.0550 e. The monoisotopic (exact) mass is 227 g/mol. The van der Waals surface area contributed by atoms with Crippen LogP contribution >= 0.6 is 0 Å². The molecule has 0 aromatic rings. The van der Waals surface area contributed by atoms with Crippen molar-refractivity contribution in [3.8, 4) is 0 Å². The van der Waals surface area contributed by atoms with Gasteiger partial charge in [-0.15, -0.1) is 0 Å². The minimum Gasteiger partial charge on any atom is -0.381 e. The molecular formula is C13H25NO2. The lowest BCUT2D eigenvalue weighted by Crippen LogP contribution is -2.56. The van der Waals surface area contributed by atoms with Crippen LogP contribution in [0.2, 0.25) is 0 Å². The quantitative estimate of drug-likeness (QED) is 0.775. The Hall–Kier alpha value is -0.120. The third-order valence-electron chi connectivity index (χ3n) is 4.53. The Morgan fingerprint density at radius 3 is 2.38 bits per heavy atom. The van der Waals surface area contributed by atoms with Crippen LogP contribution in [0.1, 0.15) is 26.2 Å². The zero-order valence-electron chi connectivity index (χ0n) is 10.6. The Kier molecular flexibility index (Phi) is 4.22. The van der Waals surface area contributed by atoms with Crippen molar-refractivity contribution in [3.63, 3.8) is 0 Å². The first-order chi connectivity index (χ1) is 7.83. The molecule has 0 amide bonds. The fraction of sp³-hybridized carbons (Fsp3) is 1.00. The van der Waals surface area contributed by atoms with Gasteiger partial charge < -0.3 is 14.8 Å². The van der Waals surface area contributed by atoms with E-state index in [0.29, 0.717) is 5.41 Å². The predicted molar refractivity (Wildman–Crippen MR) is 64.5 cm³/mol. The maximum Gasteiger partial charge on any atom is 0.0550 e. The van der Waals surface area contributed by atoms with Crippen molar-refractivity contribution in [2.45, 2.75) is 26.2 Å². The van der Waals surface area contributed by atoms with Gasteiger partial charge in [0, 0.05) is 18.6 Å². The summed E-state index contributed by atoms with van der Waals surface area (Å²) < 4.78 is 11.0. The molecule has 0 bridgehead atoms. The van der Waals surface area contributed by atoms with E-state index in [-0.39, 0.29) is 0 Å². The van der Waals surface area contributed by atoms with Crippen LogP contribution in [0.25, 0.3) is 0 Å². The third kappa shape index (κ3) is 2.13. The van der Waals surface area contributed by atoms with E-state index < -0.39 is 0 Å². The highest BCUT2D eigenvalue weighted by atomic mass is 16.5. The summed E-state index contributed by atoms with van der Waals surface area (Å²) in [6, 6.07) is 0. The van der Waals surface area contributed by atoms with Gasteiger partial charge in [-0.1, -0.05) is 13.3 Å². The molecular weight excluding hydrogens is 202 g/mol. The molecule has 1 unspecified atom stereocenters. The molecule has 3 nitrogen and oxygen atoms in total. The Morgan fingerprint density at radius 2 is 1.94 bits per heavy atom. The first-order valence-electron chi connectivity index (χ1n) is 6.63. The molecule has 2 heterocycles. The van der Waals surface area contributed by atoms with Crippen LogP contribution in [0.3, 0.4) is 0 Å². The van der Waals surface area contributed by atoms with Crippen molar-refractivity contribution in [3.05, 3.63) is 0 Å². The molecule has 0 saturated carbocycles. The van der Waals surface area contributed by atoms with E-state index in [1.807, 2.05) is 0 Å². The number of hydrogen-bond acceptors (Lipinski definition) is 3. The molecule has 1 N–H and O–H groups in total. The van der Waals surface area contributed by atoms with Crippen molar-refractivity contribution in [2.24, 2.45) is 17.3 Å². The largest absolute Gasteiger partial charge is 0.381 e. The van der Waals surface area contributed by atoms with Crippen molar-refractivity contribution < 1.29 is 9.47 Å². The Bertz CT molecular complexity index is 203. The van der Waals surface area contributed by atoms with E-state index >= 15 is 0 Å². The van der Waals surface area contributed by atoms with E-state index in [1.165, 1.54) is 19.3 Å². The lowest BCUT2D eigenvalue weighted by atomic mass is 9.61. The fourth-order valence-electron chi connectivity index (χ4n) is 3.42. The maximum absolute atomic E-state index is 5.55. The molecule has 2 aliphatic heterocycles. The van der Waals surface area contributed by atoms with Gasteiger partial charge in [0.25, 0.3) is 0 Å². The summed E-state index contributed by atoms with van der Waals surface area (Å²) in [5.74, 6) is 1.57. The molecule has 2 fully saturated rings. The molecule has 16 heavy (non-hydrogen) atoms. The Labute approximate surface area is 98.9 Å². The second-order valence-corrected chi connectivity index (χ2v) is 5.28. The minimum atomic E-state index is 0.446. The van der Waals surface area contributed by atoms with Gasteiger partial charge in [-0.3, -0.25) is 0 Å². The van der Waals surface area contributed by atoms with Gasteiger partial charge in [-0.2, -0.15) is 0 Å². The van der Waals surface area contributed by atoms with E-state index in [9.17, 15) is 0 Å². The van der Waals surface area contributed by atoms with Gasteiger partial charge in [0.05, 0.1) is 13.2 Å². The van der Waals surface area contributed by atoms with Crippen molar-refractivity contribution in [1.82, 2.24) is 5.32 Å². The lowest BCUT2D eigenvalue weighted by molar-refractivity contribution is -0.192. The summed E-state index contributed by atoms with van der Waals surface area (Å²) in [5.41, 5.74) is 0.446. The second-order valence-electron chi connectivity index (χ2n) is 5.28. The average Bonchev–Trinajstić information content (AvgIpc) is 2.28. The van der Waals surface area contributed by atoms with Crippen LogP contribution in [-0.2, 0) is 9.47 Å². The molecule has 2 saturated heterocycles. The van der Waals surface area contributed by atoms with Crippen LogP contribution in [0.5, 0.6) is 0 Å². The van der Waals surface area contributed by atoms with Crippen LogP contribution in [0.15, 0.2) is 0 Å². The molecule has 2 aliphatic rings. The highest BCUT2D eigenvalue weighted by Crippen LogP contribution is 2.47.